The Bertz CT molecular complexity index is 1100. The highest BCUT2D eigenvalue weighted by Gasteiger charge is 2.51. The predicted molar refractivity (Wildman–Crippen MR) is 120 cm³/mol. The van der Waals surface area contributed by atoms with Gasteiger partial charge >= 0.3 is 0 Å². The number of rotatable bonds is 4. The molecule has 0 unspecified atom stereocenters. The van der Waals surface area contributed by atoms with E-state index in [1.165, 1.54) is 68.0 Å². The van der Waals surface area contributed by atoms with Crippen LogP contribution in [0.1, 0.15) is 68.9 Å². The van der Waals surface area contributed by atoms with E-state index in [1.54, 1.807) is 6.07 Å². The summed E-state index contributed by atoms with van der Waals surface area (Å²) in [5.41, 5.74) is 3.59. The SMILES string of the molecule is Fc1cc(C2OCCCO2)ccc1-c1nc2ccc(C3(C4CCCCC4)CC3)nc2s1. The quantitative estimate of drug-likeness (QED) is 0.464. The van der Waals surface area contributed by atoms with Gasteiger partial charge in [0, 0.05) is 22.2 Å². The molecule has 162 valence electrons. The third kappa shape index (κ3) is 3.59. The molecule has 6 rings (SSSR count). The molecule has 2 saturated carbocycles. The first-order chi connectivity index (χ1) is 15.2. The van der Waals surface area contributed by atoms with E-state index in [0.29, 0.717) is 29.3 Å². The summed E-state index contributed by atoms with van der Waals surface area (Å²) in [6.07, 6.45) is 9.65. The third-order valence-corrected chi connectivity index (χ3v) is 8.26. The van der Waals surface area contributed by atoms with Crippen LogP contribution < -0.4 is 0 Å². The fourth-order valence-electron chi connectivity index (χ4n) is 5.40. The maximum atomic E-state index is 15.0. The summed E-state index contributed by atoms with van der Waals surface area (Å²) in [6.45, 7) is 1.28. The van der Waals surface area contributed by atoms with E-state index < -0.39 is 6.29 Å². The lowest BCUT2D eigenvalue weighted by molar-refractivity contribution is -0.183. The minimum Gasteiger partial charge on any atom is -0.348 e. The Morgan fingerprint density at radius 3 is 2.48 bits per heavy atom. The van der Waals surface area contributed by atoms with Crippen LogP contribution in [0.3, 0.4) is 0 Å². The van der Waals surface area contributed by atoms with Crippen LogP contribution in [0.4, 0.5) is 4.39 Å². The number of pyridine rings is 1. The summed E-state index contributed by atoms with van der Waals surface area (Å²) in [6, 6.07) is 9.43. The zero-order valence-corrected chi connectivity index (χ0v) is 18.4. The first-order valence-electron chi connectivity index (χ1n) is 11.5. The molecular formula is C25H27FN2O2S. The lowest BCUT2D eigenvalue weighted by atomic mass is 9.76. The van der Waals surface area contributed by atoms with Crippen LogP contribution >= 0.6 is 11.3 Å². The standard InChI is InChI=1S/C25H27FN2O2S/c26-19-15-16(24-29-13-4-14-30-24)7-8-18(19)22-27-20-9-10-21(28-23(20)31-22)25(11-12-25)17-5-2-1-3-6-17/h7-10,15,17,24H,1-6,11-14H2. The number of hydrogen-bond donors (Lipinski definition) is 0. The fraction of sp³-hybridized carbons (Fsp3) is 0.520. The Morgan fingerprint density at radius 1 is 0.935 bits per heavy atom. The molecule has 1 aromatic carbocycles. The van der Waals surface area contributed by atoms with Crippen LogP contribution in [0.15, 0.2) is 30.3 Å². The van der Waals surface area contributed by atoms with Crippen molar-refractivity contribution in [2.75, 3.05) is 13.2 Å². The van der Waals surface area contributed by atoms with Gasteiger partial charge in [-0.3, -0.25) is 0 Å². The van der Waals surface area contributed by atoms with Crippen molar-refractivity contribution in [2.24, 2.45) is 5.92 Å². The molecule has 4 nitrogen and oxygen atoms in total. The molecule has 0 amide bonds. The van der Waals surface area contributed by atoms with Gasteiger partial charge in [-0.2, -0.15) is 0 Å². The lowest BCUT2D eigenvalue weighted by Crippen LogP contribution is -2.24. The molecule has 3 fully saturated rings. The lowest BCUT2D eigenvalue weighted by Gasteiger charge is -2.30. The maximum Gasteiger partial charge on any atom is 0.183 e. The Hall–Kier alpha value is -1.89. The number of thiazole rings is 1. The number of nitrogens with zero attached hydrogens (tertiary/aromatic N) is 2. The molecule has 0 atom stereocenters. The minimum absolute atomic E-state index is 0.283. The summed E-state index contributed by atoms with van der Waals surface area (Å²) >= 11 is 1.49. The monoisotopic (exact) mass is 438 g/mol. The van der Waals surface area contributed by atoms with Gasteiger partial charge in [-0.1, -0.05) is 36.7 Å². The molecule has 0 bridgehead atoms. The molecule has 0 spiro atoms. The van der Waals surface area contributed by atoms with Gasteiger partial charge in [0.1, 0.15) is 21.2 Å². The molecule has 2 aliphatic carbocycles. The molecule has 0 N–H and O–H groups in total. The highest BCUT2D eigenvalue weighted by atomic mass is 32.1. The van der Waals surface area contributed by atoms with Crippen LogP contribution in [0.5, 0.6) is 0 Å². The second-order valence-electron chi connectivity index (χ2n) is 9.20. The van der Waals surface area contributed by atoms with E-state index in [1.807, 2.05) is 6.07 Å². The van der Waals surface area contributed by atoms with Gasteiger partial charge in [0.2, 0.25) is 0 Å². The van der Waals surface area contributed by atoms with Gasteiger partial charge in [0.05, 0.1) is 13.2 Å². The van der Waals surface area contributed by atoms with E-state index >= 15 is 0 Å². The molecule has 3 heterocycles. The summed E-state index contributed by atoms with van der Waals surface area (Å²) in [5.74, 6) is 0.475. The van der Waals surface area contributed by atoms with Gasteiger partial charge in [-0.05, 0) is 62.3 Å². The molecule has 2 aromatic heterocycles. The predicted octanol–water partition coefficient (Wildman–Crippen LogP) is 6.54. The fourth-order valence-corrected chi connectivity index (χ4v) is 6.37. The first-order valence-corrected chi connectivity index (χ1v) is 12.4. The van der Waals surface area contributed by atoms with Gasteiger partial charge in [-0.15, -0.1) is 0 Å². The maximum absolute atomic E-state index is 15.0. The molecule has 1 aliphatic heterocycles. The van der Waals surface area contributed by atoms with Crippen molar-refractivity contribution in [1.82, 2.24) is 9.97 Å². The normalized spacial score (nSPS) is 22.1. The van der Waals surface area contributed by atoms with Crippen molar-refractivity contribution < 1.29 is 13.9 Å². The van der Waals surface area contributed by atoms with Crippen molar-refractivity contribution in [1.29, 1.82) is 0 Å². The Balaban J connectivity index is 1.30. The van der Waals surface area contributed by atoms with Crippen LogP contribution in [0.2, 0.25) is 0 Å². The molecule has 31 heavy (non-hydrogen) atoms. The summed E-state index contributed by atoms with van der Waals surface area (Å²) in [5, 5.41) is 0.677. The van der Waals surface area contributed by atoms with Crippen LogP contribution in [-0.4, -0.2) is 23.2 Å². The van der Waals surface area contributed by atoms with E-state index in [-0.39, 0.29) is 11.2 Å². The summed E-state index contributed by atoms with van der Waals surface area (Å²) in [4.78, 5) is 10.7. The van der Waals surface area contributed by atoms with Crippen molar-refractivity contribution in [3.05, 3.63) is 47.4 Å². The number of fused-ring (bicyclic) bond motifs is 1. The van der Waals surface area contributed by atoms with Crippen molar-refractivity contribution >= 4 is 21.7 Å². The van der Waals surface area contributed by atoms with E-state index in [9.17, 15) is 4.39 Å². The second kappa shape index (κ2) is 7.91. The number of benzene rings is 1. The smallest absolute Gasteiger partial charge is 0.183 e. The van der Waals surface area contributed by atoms with Gasteiger partial charge in [0.15, 0.2) is 6.29 Å². The zero-order valence-electron chi connectivity index (χ0n) is 17.6. The van der Waals surface area contributed by atoms with Gasteiger partial charge in [0.25, 0.3) is 0 Å². The Labute approximate surface area is 185 Å². The molecule has 3 aliphatic rings. The number of hydrogen-bond acceptors (Lipinski definition) is 5. The van der Waals surface area contributed by atoms with Gasteiger partial charge < -0.3 is 9.47 Å². The van der Waals surface area contributed by atoms with Crippen LogP contribution in [-0.2, 0) is 14.9 Å². The highest BCUT2D eigenvalue weighted by molar-refractivity contribution is 7.21. The average Bonchev–Trinajstić information content (AvgIpc) is 3.53. The third-order valence-electron chi connectivity index (χ3n) is 7.26. The van der Waals surface area contributed by atoms with Crippen LogP contribution in [0.25, 0.3) is 20.9 Å². The van der Waals surface area contributed by atoms with Crippen molar-refractivity contribution in [2.45, 2.75) is 63.1 Å². The number of halogens is 1. The van der Waals surface area contributed by atoms with Gasteiger partial charge in [-0.25, -0.2) is 14.4 Å². The highest BCUT2D eigenvalue weighted by Crippen LogP contribution is 2.57. The molecular weight excluding hydrogens is 411 g/mol. The van der Waals surface area contributed by atoms with Crippen molar-refractivity contribution in [3.8, 4) is 10.6 Å². The molecule has 1 saturated heterocycles. The van der Waals surface area contributed by atoms with E-state index in [0.717, 1.165) is 22.7 Å². The zero-order chi connectivity index (χ0) is 20.8. The van der Waals surface area contributed by atoms with E-state index in [4.69, 9.17) is 19.4 Å². The number of aromatic nitrogens is 2. The van der Waals surface area contributed by atoms with Crippen LogP contribution in [0, 0.1) is 11.7 Å². The molecule has 0 radical (unpaired) electrons. The summed E-state index contributed by atoms with van der Waals surface area (Å²) in [7, 11) is 0. The van der Waals surface area contributed by atoms with E-state index in [2.05, 4.69) is 12.1 Å². The van der Waals surface area contributed by atoms with Crippen molar-refractivity contribution in [3.63, 3.8) is 0 Å². The first kappa shape index (κ1) is 19.8. The number of ether oxygens (including phenoxy) is 2. The summed E-state index contributed by atoms with van der Waals surface area (Å²) < 4.78 is 26.2. The minimum atomic E-state index is -0.480. The second-order valence-corrected chi connectivity index (χ2v) is 10.2. The Kier molecular flexibility index (Phi) is 5.04. The topological polar surface area (TPSA) is 44.2 Å². The average molecular weight is 439 g/mol. The molecule has 6 heteroatoms. The Morgan fingerprint density at radius 2 is 1.74 bits per heavy atom. The molecule has 3 aromatic rings. The largest absolute Gasteiger partial charge is 0.348 e.